The quantitative estimate of drug-likeness (QED) is 0.511. The number of hydrazone groups is 1. The number of benzodiazepines with no additional fused rings is 1. The van der Waals surface area contributed by atoms with Crippen LogP contribution in [0.2, 0.25) is 0 Å². The van der Waals surface area contributed by atoms with Crippen molar-refractivity contribution in [2.45, 2.75) is 39.1 Å². The third-order valence-corrected chi connectivity index (χ3v) is 7.72. The molecular weight excluding hydrogens is 509 g/mol. The fourth-order valence-electron chi connectivity index (χ4n) is 5.52. The Labute approximate surface area is 231 Å². The highest BCUT2D eigenvalue weighted by atomic mass is 19.1. The Kier molecular flexibility index (Phi) is 6.67. The number of rotatable bonds is 5. The summed E-state index contributed by atoms with van der Waals surface area (Å²) in [4.78, 5) is 32.4. The van der Waals surface area contributed by atoms with E-state index >= 15 is 4.39 Å². The molecule has 3 aromatic carbocycles. The van der Waals surface area contributed by atoms with Gasteiger partial charge in [0.25, 0.3) is 5.91 Å². The Balaban J connectivity index is 1.39. The molecule has 2 amide bonds. The van der Waals surface area contributed by atoms with E-state index in [2.05, 4.69) is 15.7 Å². The monoisotopic (exact) mass is 539 g/mol. The number of para-hydroxylation sites is 1. The average molecular weight is 540 g/mol. The Morgan fingerprint density at radius 1 is 1.12 bits per heavy atom. The molecule has 3 aromatic rings. The molecular formula is C31H30FN5O3. The predicted molar refractivity (Wildman–Crippen MR) is 151 cm³/mol. The second-order valence-corrected chi connectivity index (χ2v) is 10.3. The first-order valence-electron chi connectivity index (χ1n) is 13.5. The van der Waals surface area contributed by atoms with Gasteiger partial charge < -0.3 is 15.4 Å². The summed E-state index contributed by atoms with van der Waals surface area (Å²) in [5.74, 6) is -1.46. The number of carbonyl (C=O) groups excluding carboxylic acids is 2. The van der Waals surface area contributed by atoms with Gasteiger partial charge in [-0.25, -0.2) is 9.38 Å². The third-order valence-electron chi connectivity index (χ3n) is 7.72. The number of anilines is 1. The largest absolute Gasteiger partial charge is 0.355 e. The van der Waals surface area contributed by atoms with Crippen molar-refractivity contribution < 1.29 is 18.7 Å². The summed E-state index contributed by atoms with van der Waals surface area (Å²) in [6, 6.07) is 21.9. The van der Waals surface area contributed by atoms with E-state index in [0.717, 1.165) is 23.1 Å². The van der Waals surface area contributed by atoms with Crippen molar-refractivity contribution in [3.05, 3.63) is 101 Å². The van der Waals surface area contributed by atoms with Gasteiger partial charge in [0.2, 0.25) is 12.1 Å². The fourth-order valence-corrected chi connectivity index (χ4v) is 5.52. The average Bonchev–Trinajstić information content (AvgIpc) is 3.20. The summed E-state index contributed by atoms with van der Waals surface area (Å²) in [6.45, 7) is 4.66. The molecule has 3 atom stereocenters. The molecule has 2 N–H and O–H groups in total. The normalized spacial score (nSPS) is 23.8. The van der Waals surface area contributed by atoms with Crippen LogP contribution >= 0.6 is 0 Å². The van der Waals surface area contributed by atoms with E-state index in [9.17, 15) is 9.59 Å². The molecule has 0 aromatic heterocycles. The van der Waals surface area contributed by atoms with Gasteiger partial charge in [0.1, 0.15) is 11.2 Å². The maximum atomic E-state index is 15.4. The van der Waals surface area contributed by atoms with E-state index in [1.54, 1.807) is 24.1 Å². The number of aryl methyl sites for hydroxylation is 1. The summed E-state index contributed by atoms with van der Waals surface area (Å²) >= 11 is 0. The highest BCUT2D eigenvalue weighted by Crippen LogP contribution is 2.41. The van der Waals surface area contributed by atoms with Gasteiger partial charge in [0, 0.05) is 23.2 Å². The van der Waals surface area contributed by atoms with Crippen LogP contribution in [0.3, 0.4) is 0 Å². The van der Waals surface area contributed by atoms with Crippen LogP contribution in [0.15, 0.2) is 82.9 Å². The molecule has 40 heavy (non-hydrogen) atoms. The smallest absolute Gasteiger partial charge is 0.269 e. The lowest BCUT2D eigenvalue weighted by molar-refractivity contribution is -0.153. The lowest BCUT2D eigenvalue weighted by Gasteiger charge is -2.37. The minimum atomic E-state index is -1.41. The van der Waals surface area contributed by atoms with E-state index in [0.29, 0.717) is 31.0 Å². The van der Waals surface area contributed by atoms with Gasteiger partial charge in [-0.05, 0) is 43.5 Å². The molecule has 0 spiro atoms. The number of fused-ring (bicyclic) bond motifs is 2. The first-order valence-corrected chi connectivity index (χ1v) is 13.5. The second kappa shape index (κ2) is 10.3. The molecule has 9 heteroatoms. The molecule has 8 nitrogen and oxygen atoms in total. The number of aliphatic imine (C=N–C) groups is 1. The van der Waals surface area contributed by atoms with Crippen LogP contribution in [0, 0.1) is 11.2 Å². The minimum Gasteiger partial charge on any atom is -0.355 e. The zero-order valence-corrected chi connectivity index (χ0v) is 22.4. The molecule has 3 aliphatic rings. The van der Waals surface area contributed by atoms with Gasteiger partial charge in [-0.15, -0.1) is 0 Å². The van der Waals surface area contributed by atoms with Crippen LogP contribution in [0.5, 0.6) is 0 Å². The Morgan fingerprint density at radius 3 is 2.67 bits per heavy atom. The molecule has 0 aliphatic carbocycles. The number of halogens is 1. The third kappa shape index (κ3) is 4.36. The molecule has 6 rings (SSSR count). The molecule has 3 aliphatic heterocycles. The molecule has 0 bridgehead atoms. The van der Waals surface area contributed by atoms with E-state index < -0.39 is 35.4 Å². The molecule has 3 heterocycles. The highest BCUT2D eigenvalue weighted by Gasteiger charge is 2.56. The Morgan fingerprint density at radius 2 is 1.90 bits per heavy atom. The number of amides is 2. The Bertz CT molecular complexity index is 1540. The number of hydrogen-bond donors (Lipinski definition) is 2. The van der Waals surface area contributed by atoms with Crippen LogP contribution in [-0.4, -0.2) is 53.8 Å². The highest BCUT2D eigenvalue weighted by molar-refractivity contribution is 6.21. The van der Waals surface area contributed by atoms with Gasteiger partial charge in [-0.1, -0.05) is 61.5 Å². The van der Waals surface area contributed by atoms with Crippen molar-refractivity contribution in [1.82, 2.24) is 10.3 Å². The number of benzene rings is 3. The zero-order valence-electron chi connectivity index (χ0n) is 22.4. The van der Waals surface area contributed by atoms with Crippen molar-refractivity contribution in [3.8, 4) is 0 Å². The molecule has 1 saturated heterocycles. The second-order valence-electron chi connectivity index (χ2n) is 10.3. The van der Waals surface area contributed by atoms with E-state index in [-0.39, 0.29) is 11.3 Å². The summed E-state index contributed by atoms with van der Waals surface area (Å²) in [5, 5.41) is 12.1. The lowest BCUT2D eigenvalue weighted by atomic mass is 9.78. The number of carbonyl (C=O) groups is 2. The molecule has 0 radical (unpaired) electrons. The van der Waals surface area contributed by atoms with Crippen molar-refractivity contribution in [3.63, 3.8) is 0 Å². The van der Waals surface area contributed by atoms with E-state index in [4.69, 9.17) is 9.73 Å². The number of nitrogens with one attached hydrogen (secondary N) is 2. The van der Waals surface area contributed by atoms with E-state index in [1.807, 2.05) is 61.5 Å². The zero-order chi connectivity index (χ0) is 27.9. The van der Waals surface area contributed by atoms with Crippen molar-refractivity contribution in [2.24, 2.45) is 15.5 Å². The first-order chi connectivity index (χ1) is 19.4. The minimum absolute atomic E-state index is 0.235. The van der Waals surface area contributed by atoms with E-state index in [1.165, 1.54) is 6.07 Å². The van der Waals surface area contributed by atoms with Crippen LogP contribution in [-0.2, 0) is 20.7 Å². The molecule has 0 saturated carbocycles. The number of hydrogen-bond acceptors (Lipinski definition) is 6. The standard InChI is InChI=1S/C31H30FN5O3/c1-3-19-14-15-21(23(32)18-19)26-31(2,30-37(36-26)16-9-17-40-30)29(39)35-27-28(38)33-24-13-8-7-12-22(24)25(34-27)20-10-5-4-6-11-20/h4-8,10-15,18,27,30H,3,9,16-17H2,1-2H3,(H,33,38)(H,35,39)/t27-,30?,31?/m1/s1. The molecule has 2 unspecified atom stereocenters. The predicted octanol–water partition coefficient (Wildman–Crippen LogP) is 4.09. The van der Waals surface area contributed by atoms with Crippen LogP contribution in [0.1, 0.15) is 42.5 Å². The van der Waals surface area contributed by atoms with Gasteiger partial charge in [-0.2, -0.15) is 5.10 Å². The maximum absolute atomic E-state index is 15.4. The van der Waals surface area contributed by atoms with Crippen LogP contribution in [0.25, 0.3) is 0 Å². The van der Waals surface area contributed by atoms with Gasteiger partial charge in [0.15, 0.2) is 6.23 Å². The number of nitrogens with zero attached hydrogens (tertiary/aromatic N) is 3. The topological polar surface area (TPSA) is 95.4 Å². The van der Waals surface area contributed by atoms with Gasteiger partial charge >= 0.3 is 0 Å². The summed E-state index contributed by atoms with van der Waals surface area (Å²) in [6.07, 6.45) is -0.570. The fraction of sp³-hybridized carbons (Fsp3) is 0.290. The summed E-state index contributed by atoms with van der Waals surface area (Å²) in [5.41, 5.74) is 2.66. The Hall–Kier alpha value is -4.37. The van der Waals surface area contributed by atoms with Gasteiger partial charge in [0.05, 0.1) is 23.7 Å². The lowest BCUT2D eigenvalue weighted by Crippen LogP contribution is -2.58. The van der Waals surface area contributed by atoms with Crippen molar-refractivity contribution in [1.29, 1.82) is 0 Å². The molecule has 204 valence electrons. The van der Waals surface area contributed by atoms with Gasteiger partial charge in [-0.3, -0.25) is 14.6 Å². The SMILES string of the molecule is CCc1ccc(C2=NN3CCCOC3C2(C)C(=O)N[C@H]2N=C(c3ccccc3)c3ccccc3NC2=O)c(F)c1. The molecule has 1 fully saturated rings. The summed E-state index contributed by atoms with van der Waals surface area (Å²) in [7, 11) is 0. The maximum Gasteiger partial charge on any atom is 0.269 e. The number of ether oxygens (including phenoxy) is 1. The first kappa shape index (κ1) is 25.9. The van der Waals surface area contributed by atoms with Crippen molar-refractivity contribution >= 4 is 28.9 Å². The van der Waals surface area contributed by atoms with Crippen LogP contribution in [0.4, 0.5) is 10.1 Å². The van der Waals surface area contributed by atoms with Crippen LogP contribution < -0.4 is 10.6 Å². The van der Waals surface area contributed by atoms with Crippen molar-refractivity contribution in [2.75, 3.05) is 18.5 Å². The summed E-state index contributed by atoms with van der Waals surface area (Å²) < 4.78 is 21.4.